The standard InChI is InChI=1S/C16H14Br2N2O3/c1-9-3-4-10(7-12(9)17)15(21)19-20-16(22)11-5-6-14(23-2)13(18)8-11/h3-8H,1-2H3,(H,19,21)(H,20,22). The van der Waals surface area contributed by atoms with E-state index in [-0.39, 0.29) is 0 Å². The average Bonchev–Trinajstić information content (AvgIpc) is 2.54. The number of aryl methyl sites for hydroxylation is 1. The molecule has 0 unspecified atom stereocenters. The van der Waals surface area contributed by atoms with E-state index < -0.39 is 11.8 Å². The summed E-state index contributed by atoms with van der Waals surface area (Å²) in [4.78, 5) is 24.1. The van der Waals surface area contributed by atoms with Crippen molar-refractivity contribution in [2.24, 2.45) is 0 Å². The SMILES string of the molecule is COc1ccc(C(=O)NNC(=O)c2ccc(C)c(Br)c2)cc1Br. The van der Waals surface area contributed by atoms with E-state index in [0.717, 1.165) is 10.0 Å². The van der Waals surface area contributed by atoms with Gasteiger partial charge in [0.25, 0.3) is 11.8 Å². The number of methoxy groups -OCH3 is 1. The van der Waals surface area contributed by atoms with Crippen molar-refractivity contribution in [3.8, 4) is 5.75 Å². The molecule has 2 aromatic carbocycles. The van der Waals surface area contributed by atoms with Gasteiger partial charge in [0.2, 0.25) is 0 Å². The molecule has 2 rings (SSSR count). The van der Waals surface area contributed by atoms with Crippen LogP contribution in [0.1, 0.15) is 26.3 Å². The predicted molar refractivity (Wildman–Crippen MR) is 94.5 cm³/mol. The molecule has 0 aromatic heterocycles. The summed E-state index contributed by atoms with van der Waals surface area (Å²) in [6, 6.07) is 10.1. The molecule has 0 aliphatic rings. The van der Waals surface area contributed by atoms with Gasteiger partial charge in [-0.05, 0) is 58.7 Å². The van der Waals surface area contributed by atoms with Gasteiger partial charge in [0.15, 0.2) is 0 Å². The van der Waals surface area contributed by atoms with E-state index in [0.29, 0.717) is 21.3 Å². The number of halogens is 2. The Morgan fingerprint density at radius 2 is 1.43 bits per heavy atom. The number of benzene rings is 2. The van der Waals surface area contributed by atoms with Crippen LogP contribution in [0.25, 0.3) is 0 Å². The van der Waals surface area contributed by atoms with Gasteiger partial charge in [-0.2, -0.15) is 0 Å². The third-order valence-electron chi connectivity index (χ3n) is 3.14. The second-order valence-corrected chi connectivity index (χ2v) is 6.43. The molecule has 2 N–H and O–H groups in total. The average molecular weight is 442 g/mol. The molecule has 0 aliphatic heterocycles. The summed E-state index contributed by atoms with van der Waals surface area (Å²) in [7, 11) is 1.54. The fraction of sp³-hybridized carbons (Fsp3) is 0.125. The molecule has 0 heterocycles. The molecule has 0 saturated carbocycles. The van der Waals surface area contributed by atoms with Crippen molar-refractivity contribution < 1.29 is 14.3 Å². The van der Waals surface area contributed by atoms with Crippen LogP contribution < -0.4 is 15.6 Å². The van der Waals surface area contributed by atoms with Crippen LogP contribution in [0.15, 0.2) is 45.3 Å². The summed E-state index contributed by atoms with van der Waals surface area (Å²) in [6.45, 7) is 1.93. The van der Waals surface area contributed by atoms with Crippen molar-refractivity contribution in [1.82, 2.24) is 10.9 Å². The Morgan fingerprint density at radius 1 is 0.913 bits per heavy atom. The summed E-state index contributed by atoms with van der Waals surface area (Å²) < 4.78 is 6.59. The lowest BCUT2D eigenvalue weighted by atomic mass is 10.1. The second-order valence-electron chi connectivity index (χ2n) is 4.72. The first-order valence-electron chi connectivity index (χ1n) is 6.62. The lowest BCUT2D eigenvalue weighted by Crippen LogP contribution is -2.41. The molecule has 0 aliphatic carbocycles. The van der Waals surface area contributed by atoms with Gasteiger partial charge in [0.1, 0.15) is 5.75 Å². The Hall–Kier alpha value is -1.86. The number of hydrogen-bond acceptors (Lipinski definition) is 3. The molecule has 2 amide bonds. The highest BCUT2D eigenvalue weighted by molar-refractivity contribution is 9.10. The third-order valence-corrected chi connectivity index (χ3v) is 4.61. The largest absolute Gasteiger partial charge is 0.496 e. The molecule has 120 valence electrons. The van der Waals surface area contributed by atoms with E-state index in [1.807, 2.05) is 13.0 Å². The van der Waals surface area contributed by atoms with Gasteiger partial charge in [-0.1, -0.05) is 22.0 Å². The second kappa shape index (κ2) is 7.61. The van der Waals surface area contributed by atoms with Crippen LogP contribution in [0, 0.1) is 6.92 Å². The maximum atomic E-state index is 12.1. The number of carbonyl (C=O) groups is 2. The first-order chi connectivity index (χ1) is 10.9. The maximum Gasteiger partial charge on any atom is 0.269 e. The first-order valence-corrected chi connectivity index (χ1v) is 8.21. The van der Waals surface area contributed by atoms with Crippen LogP contribution in [-0.2, 0) is 0 Å². The minimum atomic E-state index is -0.423. The number of ether oxygens (including phenoxy) is 1. The topological polar surface area (TPSA) is 67.4 Å². The van der Waals surface area contributed by atoms with Crippen LogP contribution in [-0.4, -0.2) is 18.9 Å². The van der Waals surface area contributed by atoms with Crippen LogP contribution in [0.3, 0.4) is 0 Å². The molecule has 23 heavy (non-hydrogen) atoms. The molecule has 7 heteroatoms. The smallest absolute Gasteiger partial charge is 0.269 e. The molecular formula is C16H14Br2N2O3. The number of amides is 2. The van der Waals surface area contributed by atoms with E-state index >= 15 is 0 Å². The monoisotopic (exact) mass is 440 g/mol. The summed E-state index contributed by atoms with van der Waals surface area (Å²) >= 11 is 6.68. The molecule has 0 atom stereocenters. The third kappa shape index (κ3) is 4.33. The van der Waals surface area contributed by atoms with Gasteiger partial charge in [-0.15, -0.1) is 0 Å². The van der Waals surface area contributed by atoms with Gasteiger partial charge < -0.3 is 4.74 Å². The van der Waals surface area contributed by atoms with Crippen molar-refractivity contribution in [2.45, 2.75) is 6.92 Å². The fourth-order valence-corrected chi connectivity index (χ4v) is 2.72. The molecule has 0 fully saturated rings. The summed E-state index contributed by atoms with van der Waals surface area (Å²) in [6.07, 6.45) is 0. The van der Waals surface area contributed by atoms with Crippen molar-refractivity contribution in [2.75, 3.05) is 7.11 Å². The molecule has 0 spiro atoms. The highest BCUT2D eigenvalue weighted by atomic mass is 79.9. The van der Waals surface area contributed by atoms with Crippen molar-refractivity contribution in [1.29, 1.82) is 0 Å². The van der Waals surface area contributed by atoms with E-state index in [4.69, 9.17) is 4.74 Å². The summed E-state index contributed by atoms with van der Waals surface area (Å²) in [5.41, 5.74) is 6.62. The zero-order valence-electron chi connectivity index (χ0n) is 12.4. The number of rotatable bonds is 3. The fourth-order valence-electron chi connectivity index (χ4n) is 1.80. The lowest BCUT2D eigenvalue weighted by molar-refractivity contribution is 0.0846. The Labute approximate surface area is 150 Å². The lowest BCUT2D eigenvalue weighted by Gasteiger charge is -2.09. The molecule has 0 radical (unpaired) electrons. The van der Waals surface area contributed by atoms with Gasteiger partial charge in [-0.25, -0.2) is 0 Å². The summed E-state index contributed by atoms with van der Waals surface area (Å²) in [5, 5.41) is 0. The van der Waals surface area contributed by atoms with Gasteiger partial charge >= 0.3 is 0 Å². The van der Waals surface area contributed by atoms with E-state index in [1.165, 1.54) is 0 Å². The highest BCUT2D eigenvalue weighted by Gasteiger charge is 2.11. The van der Waals surface area contributed by atoms with E-state index in [9.17, 15) is 9.59 Å². The number of hydrazine groups is 1. The quantitative estimate of drug-likeness (QED) is 0.715. The Kier molecular flexibility index (Phi) is 5.79. The zero-order valence-corrected chi connectivity index (χ0v) is 15.6. The number of carbonyl (C=O) groups excluding carboxylic acids is 2. The van der Waals surface area contributed by atoms with Crippen LogP contribution in [0.5, 0.6) is 5.75 Å². The number of hydrogen-bond donors (Lipinski definition) is 2. The molecule has 5 nitrogen and oxygen atoms in total. The Morgan fingerprint density at radius 3 is 1.91 bits per heavy atom. The molecule has 0 saturated heterocycles. The molecular weight excluding hydrogens is 428 g/mol. The zero-order chi connectivity index (χ0) is 17.0. The molecule has 2 aromatic rings. The highest BCUT2D eigenvalue weighted by Crippen LogP contribution is 2.25. The van der Waals surface area contributed by atoms with Crippen molar-refractivity contribution >= 4 is 43.7 Å². The predicted octanol–water partition coefficient (Wildman–Crippen LogP) is 3.60. The van der Waals surface area contributed by atoms with Gasteiger partial charge in [0.05, 0.1) is 11.6 Å². The number of nitrogens with one attached hydrogen (secondary N) is 2. The minimum Gasteiger partial charge on any atom is -0.496 e. The Bertz CT molecular complexity index is 763. The van der Waals surface area contributed by atoms with Gasteiger partial charge in [-0.3, -0.25) is 20.4 Å². The first kappa shape index (κ1) is 17.5. The maximum absolute atomic E-state index is 12.1. The van der Waals surface area contributed by atoms with Crippen LogP contribution >= 0.6 is 31.9 Å². The van der Waals surface area contributed by atoms with Crippen molar-refractivity contribution in [3.63, 3.8) is 0 Å². The Balaban J connectivity index is 2.02. The van der Waals surface area contributed by atoms with E-state index in [1.54, 1.807) is 37.4 Å². The summed E-state index contributed by atoms with van der Waals surface area (Å²) in [5.74, 6) is -0.199. The van der Waals surface area contributed by atoms with E-state index in [2.05, 4.69) is 42.7 Å². The normalized spacial score (nSPS) is 10.1. The van der Waals surface area contributed by atoms with Crippen LogP contribution in [0.4, 0.5) is 0 Å². The van der Waals surface area contributed by atoms with Gasteiger partial charge in [0, 0.05) is 15.6 Å². The van der Waals surface area contributed by atoms with Crippen molar-refractivity contribution in [3.05, 3.63) is 62.0 Å². The minimum absolute atomic E-state index is 0.392. The van der Waals surface area contributed by atoms with Crippen LogP contribution in [0.2, 0.25) is 0 Å². The molecule has 0 bridgehead atoms.